The monoisotopic (exact) mass is 418 g/mol. The minimum atomic E-state index is -0.432. The van der Waals surface area contributed by atoms with Gasteiger partial charge in [0.25, 0.3) is 5.91 Å². The highest BCUT2D eigenvalue weighted by Crippen LogP contribution is 2.31. The van der Waals surface area contributed by atoms with Crippen molar-refractivity contribution in [1.29, 1.82) is 0 Å². The van der Waals surface area contributed by atoms with Crippen LogP contribution in [0.2, 0.25) is 0 Å². The van der Waals surface area contributed by atoms with Crippen molar-refractivity contribution < 1.29 is 9.59 Å². The van der Waals surface area contributed by atoms with E-state index in [1.807, 2.05) is 55.7 Å². The normalized spacial score (nSPS) is 19.4. The number of aromatic nitrogens is 3. The van der Waals surface area contributed by atoms with Gasteiger partial charge in [0.1, 0.15) is 11.7 Å². The summed E-state index contributed by atoms with van der Waals surface area (Å²) in [5, 5.41) is 3.02. The lowest BCUT2D eigenvalue weighted by Crippen LogP contribution is -2.59. The third-order valence-corrected chi connectivity index (χ3v) is 5.65. The molecule has 3 heterocycles. The summed E-state index contributed by atoms with van der Waals surface area (Å²) in [5.74, 6) is -0.138. The van der Waals surface area contributed by atoms with Gasteiger partial charge in [-0.15, -0.1) is 0 Å². The van der Waals surface area contributed by atoms with Gasteiger partial charge in [-0.1, -0.05) is 36.4 Å². The van der Waals surface area contributed by atoms with E-state index in [2.05, 4.69) is 20.2 Å². The lowest BCUT2D eigenvalue weighted by molar-refractivity contribution is -0.144. The molecular formula is C23H26N6O2. The van der Waals surface area contributed by atoms with Crippen LogP contribution in [-0.4, -0.2) is 62.3 Å². The standard InChI is InChI=1S/C23H26N6O2/c1-27-15-19(12-26-22(30)20-13-25-16-28(20)2)29(14-17-7-6-10-24-11-17)21(23(27)31)18-8-4-3-5-9-18/h3-11,13,16,19,21H,12,14-15H2,1-2H3,(H,26,30)/t19-,21+/m1/s1. The van der Waals surface area contributed by atoms with E-state index in [0.717, 1.165) is 11.1 Å². The molecule has 160 valence electrons. The first-order valence-corrected chi connectivity index (χ1v) is 10.2. The zero-order chi connectivity index (χ0) is 21.8. The maximum absolute atomic E-state index is 13.2. The molecule has 0 bridgehead atoms. The third kappa shape index (κ3) is 4.49. The van der Waals surface area contributed by atoms with Gasteiger partial charge in [0.05, 0.1) is 12.5 Å². The molecule has 0 saturated carbocycles. The Hall–Kier alpha value is -3.52. The van der Waals surface area contributed by atoms with Crippen molar-refractivity contribution in [1.82, 2.24) is 29.7 Å². The van der Waals surface area contributed by atoms with Gasteiger partial charge < -0.3 is 14.8 Å². The van der Waals surface area contributed by atoms with E-state index in [1.165, 1.54) is 0 Å². The number of nitrogens with one attached hydrogen (secondary N) is 1. The molecule has 1 aromatic carbocycles. The van der Waals surface area contributed by atoms with Crippen molar-refractivity contribution in [3.63, 3.8) is 0 Å². The molecule has 1 aliphatic rings. The topological polar surface area (TPSA) is 83.4 Å². The first kappa shape index (κ1) is 20.7. The molecule has 4 rings (SSSR count). The Morgan fingerprint density at radius 1 is 1.10 bits per heavy atom. The van der Waals surface area contributed by atoms with E-state index >= 15 is 0 Å². The first-order valence-electron chi connectivity index (χ1n) is 10.2. The number of pyridine rings is 1. The van der Waals surface area contributed by atoms with Crippen LogP contribution in [0.25, 0.3) is 0 Å². The summed E-state index contributed by atoms with van der Waals surface area (Å²) in [5.41, 5.74) is 2.45. The van der Waals surface area contributed by atoms with Crippen LogP contribution in [0.5, 0.6) is 0 Å². The van der Waals surface area contributed by atoms with Gasteiger partial charge in [-0.25, -0.2) is 4.98 Å². The van der Waals surface area contributed by atoms with Crippen LogP contribution >= 0.6 is 0 Å². The number of hydrogen-bond donors (Lipinski definition) is 1. The van der Waals surface area contributed by atoms with Gasteiger partial charge in [0, 0.05) is 52.2 Å². The molecule has 1 saturated heterocycles. The average molecular weight is 419 g/mol. The fraction of sp³-hybridized carbons (Fsp3) is 0.304. The fourth-order valence-corrected chi connectivity index (χ4v) is 4.02. The number of carbonyl (C=O) groups excluding carboxylic acids is 2. The Kier molecular flexibility index (Phi) is 6.08. The van der Waals surface area contributed by atoms with E-state index in [4.69, 9.17) is 0 Å². The first-order chi connectivity index (χ1) is 15.0. The highest BCUT2D eigenvalue weighted by atomic mass is 16.2. The quantitative estimate of drug-likeness (QED) is 0.658. The van der Waals surface area contributed by atoms with Gasteiger partial charge in [0.15, 0.2) is 0 Å². The highest BCUT2D eigenvalue weighted by Gasteiger charge is 2.40. The van der Waals surface area contributed by atoms with Crippen LogP contribution in [0.3, 0.4) is 0 Å². The summed E-state index contributed by atoms with van der Waals surface area (Å²) < 4.78 is 1.69. The van der Waals surface area contributed by atoms with Crippen LogP contribution in [0.1, 0.15) is 27.7 Å². The lowest BCUT2D eigenvalue weighted by atomic mass is 9.97. The number of amides is 2. The lowest BCUT2D eigenvalue weighted by Gasteiger charge is -2.45. The van der Waals surface area contributed by atoms with Gasteiger partial charge in [0.2, 0.25) is 5.91 Å². The third-order valence-electron chi connectivity index (χ3n) is 5.65. The summed E-state index contributed by atoms with van der Waals surface area (Å²) in [7, 11) is 3.60. The van der Waals surface area contributed by atoms with Crippen molar-refractivity contribution in [2.45, 2.75) is 18.6 Å². The van der Waals surface area contributed by atoms with E-state index in [0.29, 0.717) is 25.3 Å². The van der Waals surface area contributed by atoms with Crippen molar-refractivity contribution in [2.75, 3.05) is 20.1 Å². The van der Waals surface area contributed by atoms with Crippen molar-refractivity contribution in [3.05, 3.63) is 84.2 Å². The smallest absolute Gasteiger partial charge is 0.269 e. The van der Waals surface area contributed by atoms with E-state index < -0.39 is 6.04 Å². The second kappa shape index (κ2) is 9.09. The van der Waals surface area contributed by atoms with E-state index in [9.17, 15) is 9.59 Å². The van der Waals surface area contributed by atoms with Gasteiger partial charge in [-0.2, -0.15) is 0 Å². The number of benzene rings is 1. The van der Waals surface area contributed by atoms with E-state index in [-0.39, 0.29) is 17.9 Å². The molecule has 0 radical (unpaired) electrons. The van der Waals surface area contributed by atoms with Gasteiger partial charge in [-0.05, 0) is 17.2 Å². The van der Waals surface area contributed by atoms with Crippen LogP contribution in [0.15, 0.2) is 67.4 Å². The van der Waals surface area contributed by atoms with E-state index in [1.54, 1.807) is 35.2 Å². The largest absolute Gasteiger partial charge is 0.349 e. The zero-order valence-corrected chi connectivity index (χ0v) is 17.7. The second-order valence-electron chi connectivity index (χ2n) is 7.82. The van der Waals surface area contributed by atoms with Crippen molar-refractivity contribution in [3.8, 4) is 0 Å². The number of rotatable bonds is 6. The molecule has 2 amide bonds. The number of carbonyl (C=O) groups is 2. The van der Waals surface area contributed by atoms with Crippen LogP contribution in [0, 0.1) is 0 Å². The van der Waals surface area contributed by atoms with Crippen molar-refractivity contribution >= 4 is 11.8 Å². The summed E-state index contributed by atoms with van der Waals surface area (Å²) in [6.45, 7) is 1.48. The predicted octanol–water partition coefficient (Wildman–Crippen LogP) is 1.63. The fourth-order valence-electron chi connectivity index (χ4n) is 4.02. The summed E-state index contributed by atoms with van der Waals surface area (Å²) in [6, 6.07) is 13.2. The Labute approximate surface area is 181 Å². The molecule has 31 heavy (non-hydrogen) atoms. The minimum absolute atomic E-state index is 0.0456. The maximum Gasteiger partial charge on any atom is 0.269 e. The molecule has 2 aromatic heterocycles. The highest BCUT2D eigenvalue weighted by molar-refractivity contribution is 5.92. The molecule has 1 N–H and O–H groups in total. The molecular weight excluding hydrogens is 392 g/mol. The van der Waals surface area contributed by atoms with Crippen LogP contribution < -0.4 is 5.32 Å². The van der Waals surface area contributed by atoms with Crippen LogP contribution in [0.4, 0.5) is 0 Å². The Bertz CT molecular complexity index is 1040. The molecule has 3 aromatic rings. The average Bonchev–Trinajstić information content (AvgIpc) is 3.22. The number of aryl methyl sites for hydroxylation is 1. The Morgan fingerprint density at radius 3 is 2.58 bits per heavy atom. The molecule has 0 aliphatic carbocycles. The number of likely N-dealkylation sites (N-methyl/N-ethyl adjacent to an activating group) is 1. The molecule has 8 heteroatoms. The molecule has 0 unspecified atom stereocenters. The molecule has 0 spiro atoms. The van der Waals surface area contributed by atoms with Gasteiger partial charge >= 0.3 is 0 Å². The second-order valence-corrected chi connectivity index (χ2v) is 7.82. The number of piperazine rings is 1. The predicted molar refractivity (Wildman–Crippen MR) is 116 cm³/mol. The summed E-state index contributed by atoms with van der Waals surface area (Å²) >= 11 is 0. The number of hydrogen-bond acceptors (Lipinski definition) is 5. The Balaban J connectivity index is 1.61. The number of imidazole rings is 1. The maximum atomic E-state index is 13.2. The summed E-state index contributed by atoms with van der Waals surface area (Å²) in [4.78, 5) is 38.0. The Morgan fingerprint density at radius 2 is 1.90 bits per heavy atom. The summed E-state index contributed by atoms with van der Waals surface area (Å²) in [6.07, 6.45) is 6.70. The zero-order valence-electron chi connectivity index (χ0n) is 17.7. The molecule has 1 fully saturated rings. The minimum Gasteiger partial charge on any atom is -0.349 e. The number of nitrogens with zero attached hydrogens (tertiary/aromatic N) is 5. The molecule has 1 aliphatic heterocycles. The SMILES string of the molecule is CN1C[C@@H](CNC(=O)c2cncn2C)N(Cc2cccnc2)[C@@H](c2ccccc2)C1=O. The molecule has 2 atom stereocenters. The van der Waals surface area contributed by atoms with Crippen molar-refractivity contribution in [2.24, 2.45) is 7.05 Å². The molecule has 8 nitrogen and oxygen atoms in total. The van der Waals surface area contributed by atoms with Gasteiger partial charge in [-0.3, -0.25) is 19.5 Å². The van der Waals surface area contributed by atoms with Crippen LogP contribution in [-0.2, 0) is 18.4 Å².